The number of ether oxygens (including phenoxy) is 3. The van der Waals surface area contributed by atoms with Crippen LogP contribution in [0.5, 0.6) is 0 Å². The van der Waals surface area contributed by atoms with E-state index in [0.29, 0.717) is 19.3 Å². The molecule has 0 saturated carbocycles. The number of rotatable bonds is 49. The molecule has 1 unspecified atom stereocenters. The van der Waals surface area contributed by atoms with E-state index in [1.165, 1.54) is 89.9 Å². The van der Waals surface area contributed by atoms with Crippen LogP contribution >= 0.6 is 0 Å². The van der Waals surface area contributed by atoms with Gasteiger partial charge in [0.2, 0.25) is 0 Å². The third-order valence-electron chi connectivity index (χ3n) is 11.5. The second kappa shape index (κ2) is 55.7. The smallest absolute Gasteiger partial charge is 0.306 e. The molecule has 0 aromatic carbocycles. The van der Waals surface area contributed by atoms with Gasteiger partial charge in [0.15, 0.2) is 6.10 Å². The standard InChI is InChI=1S/C62H102O6/c1-4-7-10-13-16-19-22-25-28-31-34-37-40-43-46-49-52-55-61(64)67-58-59(57-66-60(63)54-51-48-45-42-39-36-33-30-27-24-21-18-15-12-9-6-3)68-62(65)56-53-50-47-44-41-38-35-32-29-26-23-20-17-14-11-8-5-2/h7,9-10,12,16,18-19,21,25,27-28,30,34,36-37,39,43,46,59H,4-6,8,11,13-15,17,20,22-24,26,29,31-33,35,38,40-42,44-45,47-58H2,1-3H3/b10-7-,12-9-,19-16-,21-18-,28-25-,30-27-,37-34-,39-36-,46-43-. The first-order chi connectivity index (χ1) is 33.5. The Hall–Kier alpha value is -3.93. The Morgan fingerprint density at radius 3 is 0.956 bits per heavy atom. The topological polar surface area (TPSA) is 78.9 Å². The molecule has 0 aliphatic rings. The maximum absolute atomic E-state index is 12.8. The van der Waals surface area contributed by atoms with E-state index in [4.69, 9.17) is 14.2 Å². The predicted molar refractivity (Wildman–Crippen MR) is 293 cm³/mol. The fourth-order valence-electron chi connectivity index (χ4n) is 7.41. The third kappa shape index (κ3) is 53.0. The summed E-state index contributed by atoms with van der Waals surface area (Å²) in [5, 5.41) is 0. The zero-order valence-electron chi connectivity index (χ0n) is 44.1. The van der Waals surface area contributed by atoms with Gasteiger partial charge < -0.3 is 14.2 Å². The van der Waals surface area contributed by atoms with Gasteiger partial charge in [-0.3, -0.25) is 14.4 Å². The number of hydrogen-bond acceptors (Lipinski definition) is 6. The van der Waals surface area contributed by atoms with Crippen molar-refractivity contribution in [2.45, 2.75) is 252 Å². The number of esters is 3. The van der Waals surface area contributed by atoms with Gasteiger partial charge in [-0.05, 0) is 96.3 Å². The first-order valence-electron chi connectivity index (χ1n) is 27.9. The van der Waals surface area contributed by atoms with Crippen LogP contribution < -0.4 is 0 Å². The second-order valence-electron chi connectivity index (χ2n) is 18.1. The number of carbonyl (C=O) groups is 3. The Kier molecular flexibility index (Phi) is 52.4. The summed E-state index contributed by atoms with van der Waals surface area (Å²) >= 11 is 0. The van der Waals surface area contributed by atoms with Crippen molar-refractivity contribution in [2.75, 3.05) is 13.2 Å². The molecule has 0 amide bonds. The van der Waals surface area contributed by atoms with E-state index in [9.17, 15) is 14.4 Å². The number of hydrogen-bond donors (Lipinski definition) is 0. The molecule has 0 aliphatic heterocycles. The van der Waals surface area contributed by atoms with Crippen molar-refractivity contribution in [3.05, 3.63) is 109 Å². The summed E-state index contributed by atoms with van der Waals surface area (Å²) in [5.74, 6) is -0.998. The molecule has 0 radical (unpaired) electrons. The van der Waals surface area contributed by atoms with Gasteiger partial charge in [-0.1, -0.05) is 239 Å². The zero-order valence-corrected chi connectivity index (χ0v) is 44.1. The van der Waals surface area contributed by atoms with Gasteiger partial charge >= 0.3 is 17.9 Å². The molecule has 0 bridgehead atoms. The van der Waals surface area contributed by atoms with Crippen LogP contribution in [0, 0.1) is 0 Å². The summed E-state index contributed by atoms with van der Waals surface area (Å²) in [6, 6.07) is 0. The first kappa shape index (κ1) is 64.1. The molecule has 0 N–H and O–H groups in total. The Balaban J connectivity index is 4.52. The maximum atomic E-state index is 12.8. The lowest BCUT2D eigenvalue weighted by molar-refractivity contribution is -0.167. The SMILES string of the molecule is CC/C=C\C/C=C\C/C=C\C/C=C\C/C=C\CCCC(=O)OCC(COC(=O)CCCCC/C=C\C/C=C\C/C=C\C/C=C\CC)OC(=O)CCCCCCCCCCCCCCCCCCC. The van der Waals surface area contributed by atoms with Crippen molar-refractivity contribution in [2.24, 2.45) is 0 Å². The fourth-order valence-corrected chi connectivity index (χ4v) is 7.41. The highest BCUT2D eigenvalue weighted by atomic mass is 16.6. The average molecular weight is 943 g/mol. The molecule has 0 aliphatic carbocycles. The molecule has 386 valence electrons. The van der Waals surface area contributed by atoms with E-state index >= 15 is 0 Å². The zero-order chi connectivity index (χ0) is 49.3. The van der Waals surface area contributed by atoms with Crippen LogP contribution in [-0.2, 0) is 28.6 Å². The summed E-state index contributed by atoms with van der Waals surface area (Å²) in [5.41, 5.74) is 0. The van der Waals surface area contributed by atoms with Gasteiger partial charge in [-0.2, -0.15) is 0 Å². The lowest BCUT2D eigenvalue weighted by Gasteiger charge is -2.18. The van der Waals surface area contributed by atoms with E-state index in [2.05, 4.69) is 130 Å². The van der Waals surface area contributed by atoms with Crippen molar-refractivity contribution < 1.29 is 28.6 Å². The van der Waals surface area contributed by atoms with E-state index in [-0.39, 0.29) is 37.5 Å². The summed E-state index contributed by atoms with van der Waals surface area (Å²) in [6.07, 6.45) is 75.1. The summed E-state index contributed by atoms with van der Waals surface area (Å²) in [6.45, 7) is 6.34. The van der Waals surface area contributed by atoms with E-state index < -0.39 is 6.10 Å². The van der Waals surface area contributed by atoms with Crippen molar-refractivity contribution in [1.29, 1.82) is 0 Å². The molecular weight excluding hydrogens is 841 g/mol. The predicted octanol–water partition coefficient (Wildman–Crippen LogP) is 18.7. The Morgan fingerprint density at radius 1 is 0.309 bits per heavy atom. The monoisotopic (exact) mass is 943 g/mol. The Bertz CT molecular complexity index is 1410. The molecule has 6 heteroatoms. The molecule has 0 aromatic rings. The number of allylic oxidation sites excluding steroid dienone is 18. The second-order valence-corrected chi connectivity index (χ2v) is 18.1. The maximum Gasteiger partial charge on any atom is 0.306 e. The number of unbranched alkanes of at least 4 members (excludes halogenated alkanes) is 20. The third-order valence-corrected chi connectivity index (χ3v) is 11.5. The quantitative estimate of drug-likeness (QED) is 0.0262. The highest BCUT2D eigenvalue weighted by Crippen LogP contribution is 2.15. The summed E-state index contributed by atoms with van der Waals surface area (Å²) in [4.78, 5) is 38.1. The minimum Gasteiger partial charge on any atom is -0.462 e. The Labute approximate surface area is 419 Å². The lowest BCUT2D eigenvalue weighted by atomic mass is 10.0. The molecule has 0 fully saturated rings. The van der Waals surface area contributed by atoms with Crippen molar-refractivity contribution in [3.8, 4) is 0 Å². The van der Waals surface area contributed by atoms with Gasteiger partial charge in [0.1, 0.15) is 13.2 Å². The van der Waals surface area contributed by atoms with Crippen molar-refractivity contribution in [1.82, 2.24) is 0 Å². The molecule has 0 aromatic heterocycles. The van der Waals surface area contributed by atoms with Crippen LogP contribution in [0.2, 0.25) is 0 Å². The molecule has 68 heavy (non-hydrogen) atoms. The number of carbonyl (C=O) groups excluding carboxylic acids is 3. The molecule has 6 nitrogen and oxygen atoms in total. The first-order valence-corrected chi connectivity index (χ1v) is 27.9. The molecule has 0 heterocycles. The van der Waals surface area contributed by atoms with Gasteiger partial charge in [-0.15, -0.1) is 0 Å². The molecule has 0 rings (SSSR count). The lowest BCUT2D eigenvalue weighted by Crippen LogP contribution is -2.30. The van der Waals surface area contributed by atoms with E-state index in [1.807, 2.05) is 0 Å². The molecule has 0 spiro atoms. The molecule has 1 atom stereocenters. The van der Waals surface area contributed by atoms with Gasteiger partial charge in [-0.25, -0.2) is 0 Å². The molecular formula is C62H102O6. The normalized spacial score (nSPS) is 12.9. The van der Waals surface area contributed by atoms with Crippen LogP contribution in [0.3, 0.4) is 0 Å². The average Bonchev–Trinajstić information content (AvgIpc) is 3.34. The van der Waals surface area contributed by atoms with Gasteiger partial charge in [0, 0.05) is 19.3 Å². The largest absolute Gasteiger partial charge is 0.462 e. The highest BCUT2D eigenvalue weighted by Gasteiger charge is 2.19. The molecule has 0 saturated heterocycles. The van der Waals surface area contributed by atoms with Crippen LogP contribution in [0.15, 0.2) is 109 Å². The summed E-state index contributed by atoms with van der Waals surface area (Å²) < 4.78 is 16.8. The Morgan fingerprint density at radius 2 is 0.588 bits per heavy atom. The van der Waals surface area contributed by atoms with E-state index in [1.54, 1.807) is 0 Å². The van der Waals surface area contributed by atoms with Gasteiger partial charge in [0.25, 0.3) is 0 Å². The van der Waals surface area contributed by atoms with Crippen LogP contribution in [0.1, 0.15) is 245 Å². The van der Waals surface area contributed by atoms with E-state index in [0.717, 1.165) is 109 Å². The van der Waals surface area contributed by atoms with Crippen LogP contribution in [-0.4, -0.2) is 37.2 Å². The van der Waals surface area contributed by atoms with Crippen LogP contribution in [0.25, 0.3) is 0 Å². The van der Waals surface area contributed by atoms with Crippen molar-refractivity contribution in [3.63, 3.8) is 0 Å². The van der Waals surface area contributed by atoms with Crippen molar-refractivity contribution >= 4 is 17.9 Å². The van der Waals surface area contributed by atoms with Crippen LogP contribution in [0.4, 0.5) is 0 Å². The minimum atomic E-state index is -0.815. The minimum absolute atomic E-state index is 0.112. The van der Waals surface area contributed by atoms with Gasteiger partial charge in [0.05, 0.1) is 0 Å². The summed E-state index contributed by atoms with van der Waals surface area (Å²) in [7, 11) is 0. The fraction of sp³-hybridized carbons (Fsp3) is 0.661. The highest BCUT2D eigenvalue weighted by molar-refractivity contribution is 5.71.